The second-order valence-corrected chi connectivity index (χ2v) is 7.46. The van der Waals surface area contributed by atoms with Crippen LogP contribution in [0.1, 0.15) is 30.3 Å². The fourth-order valence-corrected chi connectivity index (χ4v) is 4.01. The van der Waals surface area contributed by atoms with Gasteiger partial charge in [0.15, 0.2) is 0 Å². The summed E-state index contributed by atoms with van der Waals surface area (Å²) in [6.07, 6.45) is 9.13. The Morgan fingerprint density at radius 1 is 1.30 bits per heavy atom. The first-order chi connectivity index (χ1) is 13.2. The zero-order valence-corrected chi connectivity index (χ0v) is 16.0. The Morgan fingerprint density at radius 2 is 2.07 bits per heavy atom. The number of pyridine rings is 1. The van der Waals surface area contributed by atoms with E-state index in [9.17, 15) is 4.79 Å². The molecule has 1 saturated heterocycles. The van der Waals surface area contributed by atoms with Gasteiger partial charge in [-0.15, -0.1) is 11.3 Å². The van der Waals surface area contributed by atoms with Gasteiger partial charge >= 0.3 is 0 Å². The highest BCUT2D eigenvalue weighted by Gasteiger charge is 2.21. The second kappa shape index (κ2) is 7.98. The van der Waals surface area contributed by atoms with Crippen LogP contribution in [-0.4, -0.2) is 56.2 Å². The maximum atomic E-state index is 12.5. The average Bonchev–Trinajstić information content (AvgIpc) is 3.39. The number of nitrogens with zero attached hydrogens (tertiary/aromatic N) is 5. The molecule has 140 valence electrons. The highest BCUT2D eigenvalue weighted by Crippen LogP contribution is 2.24. The van der Waals surface area contributed by atoms with E-state index >= 15 is 0 Å². The summed E-state index contributed by atoms with van der Waals surface area (Å²) in [6.45, 7) is 5.33. The molecular formula is C19H22N6OS. The Bertz CT molecular complexity index is 898. The van der Waals surface area contributed by atoms with E-state index in [1.165, 1.54) is 11.3 Å². The second-order valence-electron chi connectivity index (χ2n) is 6.60. The molecule has 1 aliphatic heterocycles. The van der Waals surface area contributed by atoms with Crippen molar-refractivity contribution in [1.29, 1.82) is 0 Å². The molecule has 0 saturated carbocycles. The Balaban J connectivity index is 1.41. The highest BCUT2D eigenvalue weighted by molar-refractivity contribution is 7.13. The van der Waals surface area contributed by atoms with Crippen molar-refractivity contribution in [1.82, 2.24) is 30.0 Å². The van der Waals surface area contributed by atoms with Gasteiger partial charge in [-0.25, -0.2) is 9.67 Å². The van der Waals surface area contributed by atoms with Crippen LogP contribution in [0.2, 0.25) is 0 Å². The van der Waals surface area contributed by atoms with Crippen molar-refractivity contribution in [3.05, 3.63) is 48.0 Å². The molecule has 0 unspecified atom stereocenters. The van der Waals surface area contributed by atoms with Gasteiger partial charge in [0, 0.05) is 48.7 Å². The largest absolute Gasteiger partial charge is 0.348 e. The minimum atomic E-state index is -0.0889. The molecule has 0 atom stereocenters. The van der Waals surface area contributed by atoms with Crippen LogP contribution in [-0.2, 0) is 0 Å². The molecular weight excluding hydrogens is 360 g/mol. The van der Waals surface area contributed by atoms with Crippen LogP contribution >= 0.6 is 11.3 Å². The maximum absolute atomic E-state index is 12.5. The number of hydrogen-bond acceptors (Lipinski definition) is 6. The van der Waals surface area contributed by atoms with Gasteiger partial charge in [-0.2, -0.15) is 5.10 Å². The van der Waals surface area contributed by atoms with Crippen molar-refractivity contribution < 1.29 is 4.79 Å². The Morgan fingerprint density at radius 3 is 2.81 bits per heavy atom. The van der Waals surface area contributed by atoms with Crippen molar-refractivity contribution in [3.8, 4) is 16.3 Å². The Labute approximate surface area is 162 Å². The van der Waals surface area contributed by atoms with E-state index in [1.54, 1.807) is 23.3 Å². The summed E-state index contributed by atoms with van der Waals surface area (Å²) in [6, 6.07) is 4.02. The summed E-state index contributed by atoms with van der Waals surface area (Å²) in [7, 11) is 0. The van der Waals surface area contributed by atoms with E-state index in [-0.39, 0.29) is 11.9 Å². The van der Waals surface area contributed by atoms with Gasteiger partial charge in [-0.1, -0.05) is 6.92 Å². The number of carbonyl (C=O) groups excluding carboxylic acids is 1. The smallest absolute Gasteiger partial charge is 0.270 e. The van der Waals surface area contributed by atoms with Crippen LogP contribution in [0.3, 0.4) is 0 Å². The molecule has 0 aliphatic carbocycles. The van der Waals surface area contributed by atoms with Crippen molar-refractivity contribution in [2.24, 2.45) is 0 Å². The van der Waals surface area contributed by atoms with Crippen molar-refractivity contribution in [2.75, 3.05) is 19.6 Å². The molecule has 3 aromatic rings. The SMILES string of the molecule is CCN1CCC(NC(=O)c2csc(-c3cnn(-c4ccncc4)c3)n2)CC1. The number of amides is 1. The van der Waals surface area contributed by atoms with E-state index in [0.717, 1.165) is 48.7 Å². The summed E-state index contributed by atoms with van der Waals surface area (Å²) in [4.78, 5) is 23.5. The topological polar surface area (TPSA) is 75.9 Å². The van der Waals surface area contributed by atoms with E-state index in [0.29, 0.717) is 5.69 Å². The van der Waals surface area contributed by atoms with Gasteiger partial charge < -0.3 is 10.2 Å². The van der Waals surface area contributed by atoms with Crippen LogP contribution in [0, 0.1) is 0 Å². The van der Waals surface area contributed by atoms with Gasteiger partial charge in [0.25, 0.3) is 5.91 Å². The van der Waals surface area contributed by atoms with Crippen molar-refractivity contribution >= 4 is 17.2 Å². The number of thiazole rings is 1. The summed E-state index contributed by atoms with van der Waals surface area (Å²) in [5.41, 5.74) is 2.31. The zero-order chi connectivity index (χ0) is 18.6. The van der Waals surface area contributed by atoms with Gasteiger partial charge in [0.05, 0.1) is 11.9 Å². The number of rotatable bonds is 5. The molecule has 0 bridgehead atoms. The molecule has 0 aromatic carbocycles. The fraction of sp³-hybridized carbons (Fsp3) is 0.368. The summed E-state index contributed by atoms with van der Waals surface area (Å²) >= 11 is 1.46. The number of hydrogen-bond donors (Lipinski definition) is 1. The van der Waals surface area contributed by atoms with Gasteiger partial charge in [0.1, 0.15) is 10.7 Å². The average molecular weight is 382 g/mol. The number of aromatic nitrogens is 4. The highest BCUT2D eigenvalue weighted by atomic mass is 32.1. The molecule has 7 nitrogen and oxygen atoms in total. The maximum Gasteiger partial charge on any atom is 0.270 e. The fourth-order valence-electron chi connectivity index (χ4n) is 3.23. The zero-order valence-electron chi connectivity index (χ0n) is 15.2. The number of likely N-dealkylation sites (tertiary alicyclic amines) is 1. The Hall–Kier alpha value is -2.58. The first-order valence-electron chi connectivity index (χ1n) is 9.17. The molecule has 1 aliphatic rings. The summed E-state index contributed by atoms with van der Waals surface area (Å²) in [5, 5.41) is 10.1. The lowest BCUT2D eigenvalue weighted by molar-refractivity contribution is 0.0908. The first-order valence-corrected chi connectivity index (χ1v) is 10.0. The number of piperidine rings is 1. The van der Waals surface area contributed by atoms with Crippen molar-refractivity contribution in [3.63, 3.8) is 0 Å². The van der Waals surface area contributed by atoms with E-state index < -0.39 is 0 Å². The predicted molar refractivity (Wildman–Crippen MR) is 105 cm³/mol. The number of carbonyl (C=O) groups is 1. The van der Waals surface area contributed by atoms with E-state index in [1.807, 2.05) is 23.7 Å². The predicted octanol–water partition coefficient (Wildman–Crippen LogP) is 2.60. The van der Waals surface area contributed by atoms with Crippen LogP contribution in [0.5, 0.6) is 0 Å². The van der Waals surface area contributed by atoms with Crippen LogP contribution in [0.4, 0.5) is 0 Å². The standard InChI is InChI=1S/C19H22N6OS/c1-2-24-9-5-15(6-10-24)22-18(26)17-13-27-19(23-17)14-11-21-25(12-14)16-3-7-20-8-4-16/h3-4,7-8,11-13,15H,2,5-6,9-10H2,1H3,(H,22,26). The molecule has 8 heteroatoms. The lowest BCUT2D eigenvalue weighted by Crippen LogP contribution is -2.44. The third-order valence-electron chi connectivity index (χ3n) is 4.86. The van der Waals surface area contributed by atoms with E-state index in [4.69, 9.17) is 0 Å². The molecule has 1 fully saturated rings. The third-order valence-corrected chi connectivity index (χ3v) is 5.76. The first kappa shape index (κ1) is 17.8. The molecule has 3 aromatic heterocycles. The van der Waals surface area contributed by atoms with Gasteiger partial charge in [0.2, 0.25) is 0 Å². The van der Waals surface area contributed by atoms with Crippen LogP contribution in [0.25, 0.3) is 16.3 Å². The lowest BCUT2D eigenvalue weighted by Gasteiger charge is -2.31. The van der Waals surface area contributed by atoms with Crippen LogP contribution in [0.15, 0.2) is 42.3 Å². The summed E-state index contributed by atoms with van der Waals surface area (Å²) < 4.78 is 1.78. The minimum Gasteiger partial charge on any atom is -0.348 e. The normalized spacial score (nSPS) is 15.7. The lowest BCUT2D eigenvalue weighted by atomic mass is 10.1. The number of nitrogens with one attached hydrogen (secondary N) is 1. The monoisotopic (exact) mass is 382 g/mol. The molecule has 0 radical (unpaired) electrons. The molecule has 4 heterocycles. The third kappa shape index (κ3) is 4.06. The molecule has 1 amide bonds. The molecule has 4 rings (SSSR count). The molecule has 27 heavy (non-hydrogen) atoms. The molecule has 0 spiro atoms. The quantitative estimate of drug-likeness (QED) is 0.734. The van der Waals surface area contributed by atoms with E-state index in [2.05, 4.69) is 32.2 Å². The Kier molecular flexibility index (Phi) is 5.26. The minimum absolute atomic E-state index is 0.0889. The van der Waals surface area contributed by atoms with Crippen LogP contribution < -0.4 is 5.32 Å². The van der Waals surface area contributed by atoms with Gasteiger partial charge in [-0.3, -0.25) is 9.78 Å². The molecule has 1 N–H and O–H groups in total. The van der Waals surface area contributed by atoms with Crippen molar-refractivity contribution in [2.45, 2.75) is 25.8 Å². The van der Waals surface area contributed by atoms with Gasteiger partial charge in [-0.05, 0) is 31.5 Å². The summed E-state index contributed by atoms with van der Waals surface area (Å²) in [5.74, 6) is -0.0889.